The van der Waals surface area contributed by atoms with Crippen LogP contribution in [0.2, 0.25) is 0 Å². The van der Waals surface area contributed by atoms with Crippen molar-refractivity contribution >= 4 is 29.4 Å². The summed E-state index contributed by atoms with van der Waals surface area (Å²) in [5, 5.41) is 0. The molecule has 2 fully saturated rings. The highest BCUT2D eigenvalue weighted by molar-refractivity contribution is 6.45. The van der Waals surface area contributed by atoms with E-state index in [1.165, 1.54) is 0 Å². The summed E-state index contributed by atoms with van der Waals surface area (Å²) in [5.41, 5.74) is 0.750. The lowest BCUT2D eigenvalue weighted by Gasteiger charge is -2.35. The summed E-state index contributed by atoms with van der Waals surface area (Å²) in [7, 11) is 0. The van der Waals surface area contributed by atoms with Crippen LogP contribution in [0.4, 0.5) is 10.5 Å². The second-order valence-corrected chi connectivity index (χ2v) is 7.33. The molecule has 0 unspecified atom stereocenters. The maximum atomic E-state index is 13.1. The Balaban J connectivity index is 1.83. The topological polar surface area (TPSA) is 78.0 Å². The first-order valence-corrected chi connectivity index (χ1v) is 9.48. The highest BCUT2D eigenvalue weighted by Gasteiger charge is 2.47. The molecule has 1 heterocycles. The maximum Gasteiger partial charge on any atom is 0.334 e. The summed E-state index contributed by atoms with van der Waals surface area (Å²) in [5.74, 6) is -2.14. The Hall–Kier alpha value is -2.70. The molecule has 1 aliphatic heterocycles. The van der Waals surface area contributed by atoms with Crippen molar-refractivity contribution in [3.63, 3.8) is 0 Å². The van der Waals surface area contributed by atoms with Gasteiger partial charge in [-0.15, -0.1) is 0 Å². The van der Waals surface area contributed by atoms with Crippen LogP contribution in [0.5, 0.6) is 0 Å². The van der Waals surface area contributed by atoms with Crippen molar-refractivity contribution in [3.05, 3.63) is 30.3 Å². The molecule has 7 nitrogen and oxygen atoms in total. The van der Waals surface area contributed by atoms with Gasteiger partial charge in [0.2, 0.25) is 5.91 Å². The number of hydrogen-bond acceptors (Lipinski definition) is 4. The Kier molecular flexibility index (Phi) is 5.58. The predicted octanol–water partition coefficient (Wildman–Crippen LogP) is 2.55. The number of urea groups is 1. The van der Waals surface area contributed by atoms with E-state index >= 15 is 0 Å². The first kappa shape index (κ1) is 19.1. The van der Waals surface area contributed by atoms with Gasteiger partial charge in [-0.1, -0.05) is 37.5 Å². The van der Waals surface area contributed by atoms with Crippen LogP contribution in [-0.2, 0) is 14.4 Å². The average molecular weight is 371 g/mol. The van der Waals surface area contributed by atoms with E-state index in [-0.39, 0.29) is 11.9 Å². The number of carbonyl (C=O) groups excluding carboxylic acids is 4. The third-order valence-electron chi connectivity index (χ3n) is 5.14. The number of anilines is 1. The lowest BCUT2D eigenvalue weighted by atomic mass is 9.93. The zero-order valence-corrected chi connectivity index (χ0v) is 15.8. The van der Waals surface area contributed by atoms with Crippen molar-refractivity contribution in [2.24, 2.45) is 0 Å². The van der Waals surface area contributed by atoms with Crippen molar-refractivity contribution in [2.45, 2.75) is 58.0 Å². The fourth-order valence-corrected chi connectivity index (χ4v) is 3.81. The summed E-state index contributed by atoms with van der Waals surface area (Å²) in [4.78, 5) is 53.3. The van der Waals surface area contributed by atoms with E-state index < -0.39 is 30.4 Å². The molecule has 1 aliphatic carbocycles. The normalized spacial score (nSPS) is 18.6. The smallest absolute Gasteiger partial charge is 0.308 e. The summed E-state index contributed by atoms with van der Waals surface area (Å²) in [6, 6.07) is 8.18. The first-order chi connectivity index (χ1) is 12.9. The van der Waals surface area contributed by atoms with E-state index in [1.807, 2.05) is 30.3 Å². The van der Waals surface area contributed by atoms with Gasteiger partial charge in [-0.2, -0.15) is 0 Å². The Bertz CT molecular complexity index is 741. The number of benzene rings is 1. The molecule has 1 saturated carbocycles. The molecule has 0 atom stereocenters. The molecule has 27 heavy (non-hydrogen) atoms. The third kappa shape index (κ3) is 3.72. The van der Waals surface area contributed by atoms with Gasteiger partial charge in [0, 0.05) is 17.8 Å². The lowest BCUT2D eigenvalue weighted by Crippen LogP contribution is -2.48. The van der Waals surface area contributed by atoms with Crippen molar-refractivity contribution in [1.82, 2.24) is 9.80 Å². The summed E-state index contributed by atoms with van der Waals surface area (Å²) < 4.78 is 0. The van der Waals surface area contributed by atoms with Crippen molar-refractivity contribution in [2.75, 3.05) is 11.4 Å². The quantitative estimate of drug-likeness (QED) is 0.589. The lowest BCUT2D eigenvalue weighted by molar-refractivity contribution is -0.144. The number of nitrogens with zero attached hydrogens (tertiary/aromatic N) is 3. The summed E-state index contributed by atoms with van der Waals surface area (Å²) in [6.07, 6.45) is 5.01. The van der Waals surface area contributed by atoms with Gasteiger partial charge >= 0.3 is 17.8 Å². The van der Waals surface area contributed by atoms with Gasteiger partial charge in [-0.05, 0) is 38.8 Å². The minimum absolute atomic E-state index is 0.0401. The van der Waals surface area contributed by atoms with Crippen LogP contribution in [0.15, 0.2) is 30.3 Å². The Labute approximate surface area is 158 Å². The van der Waals surface area contributed by atoms with Gasteiger partial charge in [0.25, 0.3) is 0 Å². The third-order valence-corrected chi connectivity index (χ3v) is 5.14. The van der Waals surface area contributed by atoms with Gasteiger partial charge < -0.3 is 4.90 Å². The fourth-order valence-electron chi connectivity index (χ4n) is 3.81. The molecule has 1 aromatic carbocycles. The second kappa shape index (κ2) is 7.90. The van der Waals surface area contributed by atoms with E-state index in [2.05, 4.69) is 0 Å². The minimum atomic E-state index is -0.932. The molecule has 0 N–H and O–H groups in total. The SMILES string of the molecule is CC(C)N1C(=O)C(=O)N(CC(=O)N(c2ccccc2)C2CCCCC2)C1=O. The molecule has 0 spiro atoms. The number of rotatable bonds is 5. The highest BCUT2D eigenvalue weighted by Crippen LogP contribution is 2.28. The number of amides is 5. The van der Waals surface area contributed by atoms with E-state index in [4.69, 9.17) is 0 Å². The molecule has 1 saturated heterocycles. The standard InChI is InChI=1S/C20H25N3O4/c1-14(2)22-19(26)18(25)21(20(22)27)13-17(24)23(15-9-5-3-6-10-15)16-11-7-4-8-12-16/h3,5-6,9-10,14,16H,4,7-8,11-13H2,1-2H3. The number of carbonyl (C=O) groups is 4. The molecule has 0 bridgehead atoms. The Morgan fingerprint density at radius 2 is 1.67 bits per heavy atom. The molecular formula is C20H25N3O4. The largest absolute Gasteiger partial charge is 0.334 e. The molecule has 3 rings (SSSR count). The van der Waals surface area contributed by atoms with Crippen molar-refractivity contribution in [1.29, 1.82) is 0 Å². The second-order valence-electron chi connectivity index (χ2n) is 7.33. The highest BCUT2D eigenvalue weighted by atomic mass is 16.2. The van der Waals surface area contributed by atoms with E-state index in [0.29, 0.717) is 0 Å². The van der Waals surface area contributed by atoms with Crippen molar-refractivity contribution in [3.8, 4) is 0 Å². The molecule has 7 heteroatoms. The van der Waals surface area contributed by atoms with E-state index in [0.717, 1.165) is 47.6 Å². The molecule has 2 aliphatic rings. The molecular weight excluding hydrogens is 346 g/mol. The zero-order valence-electron chi connectivity index (χ0n) is 15.8. The predicted molar refractivity (Wildman–Crippen MR) is 99.9 cm³/mol. The van der Waals surface area contributed by atoms with Crippen LogP contribution in [0.25, 0.3) is 0 Å². The van der Waals surface area contributed by atoms with Gasteiger partial charge in [-0.3, -0.25) is 19.3 Å². The van der Waals surface area contributed by atoms with Gasteiger partial charge in [0.15, 0.2) is 0 Å². The Morgan fingerprint density at radius 3 is 2.22 bits per heavy atom. The molecule has 0 aromatic heterocycles. The molecule has 0 radical (unpaired) electrons. The van der Waals surface area contributed by atoms with E-state index in [9.17, 15) is 19.2 Å². The average Bonchev–Trinajstić information content (AvgIpc) is 2.87. The first-order valence-electron chi connectivity index (χ1n) is 9.48. The molecule has 1 aromatic rings. The van der Waals surface area contributed by atoms with Crippen LogP contribution >= 0.6 is 0 Å². The number of para-hydroxylation sites is 1. The minimum Gasteiger partial charge on any atom is -0.308 e. The molecule has 144 valence electrons. The van der Waals surface area contributed by atoms with Crippen LogP contribution in [0.3, 0.4) is 0 Å². The monoisotopic (exact) mass is 371 g/mol. The summed E-state index contributed by atoms with van der Waals surface area (Å²) >= 11 is 0. The van der Waals surface area contributed by atoms with Crippen LogP contribution in [0.1, 0.15) is 46.0 Å². The Morgan fingerprint density at radius 1 is 1.04 bits per heavy atom. The van der Waals surface area contributed by atoms with Crippen molar-refractivity contribution < 1.29 is 19.2 Å². The zero-order chi connectivity index (χ0) is 19.6. The number of hydrogen-bond donors (Lipinski definition) is 0. The van der Waals surface area contributed by atoms with Gasteiger partial charge in [-0.25, -0.2) is 9.69 Å². The van der Waals surface area contributed by atoms with E-state index in [1.54, 1.807) is 18.7 Å². The fraction of sp³-hybridized carbons (Fsp3) is 0.500. The van der Waals surface area contributed by atoms with Gasteiger partial charge in [0.05, 0.1) is 0 Å². The van der Waals surface area contributed by atoms with Crippen LogP contribution in [-0.4, -0.2) is 52.2 Å². The summed E-state index contributed by atoms with van der Waals surface area (Å²) in [6.45, 7) is 2.90. The van der Waals surface area contributed by atoms with Crippen LogP contribution in [0, 0.1) is 0 Å². The van der Waals surface area contributed by atoms with Gasteiger partial charge in [0.1, 0.15) is 6.54 Å². The maximum absolute atomic E-state index is 13.1. The number of imide groups is 2. The van der Waals surface area contributed by atoms with Crippen LogP contribution < -0.4 is 4.90 Å². The molecule has 5 amide bonds.